The Morgan fingerprint density at radius 1 is 1.03 bits per heavy atom. The lowest BCUT2D eigenvalue weighted by atomic mass is 10.0. The van der Waals surface area contributed by atoms with Crippen molar-refractivity contribution in [1.29, 1.82) is 0 Å². The average molecular weight is 522 g/mol. The molecule has 3 rings (SSSR count). The van der Waals surface area contributed by atoms with Crippen molar-refractivity contribution in [3.63, 3.8) is 0 Å². The smallest absolute Gasteiger partial charge is 0.328 e. The van der Waals surface area contributed by atoms with Gasteiger partial charge in [-0.3, -0.25) is 9.59 Å². The van der Waals surface area contributed by atoms with Crippen molar-refractivity contribution in [2.75, 3.05) is 19.5 Å². The number of aryl methyl sites for hydroxylation is 1. The van der Waals surface area contributed by atoms with Crippen LogP contribution in [0.15, 0.2) is 54.7 Å². The van der Waals surface area contributed by atoms with Gasteiger partial charge in [0.1, 0.15) is 6.04 Å². The number of carbonyl (C=O) groups is 3. The molecule has 1 aromatic heterocycles. The summed E-state index contributed by atoms with van der Waals surface area (Å²) in [5, 5.41) is 3.22. The van der Waals surface area contributed by atoms with Crippen molar-refractivity contribution >= 4 is 34.8 Å². The summed E-state index contributed by atoms with van der Waals surface area (Å²) in [4.78, 5) is 44.3. The third-order valence-electron chi connectivity index (χ3n) is 6.21. The maximum Gasteiger partial charge on any atom is 0.328 e. The number of rotatable bonds is 11. The van der Waals surface area contributed by atoms with E-state index >= 15 is 0 Å². The van der Waals surface area contributed by atoms with Gasteiger partial charge in [0.05, 0.1) is 12.0 Å². The maximum absolute atomic E-state index is 13.0. The van der Waals surface area contributed by atoms with Crippen LogP contribution < -0.4 is 5.32 Å². The van der Waals surface area contributed by atoms with Gasteiger partial charge in [0.25, 0.3) is 11.8 Å². The van der Waals surface area contributed by atoms with Gasteiger partial charge in [0.2, 0.25) is 0 Å². The molecule has 3 aromatic rings. The van der Waals surface area contributed by atoms with Crippen molar-refractivity contribution in [3.05, 3.63) is 70.9 Å². The van der Waals surface area contributed by atoms with Crippen molar-refractivity contribution in [1.82, 2.24) is 9.88 Å². The molecule has 0 aliphatic heterocycles. The van der Waals surface area contributed by atoms with Crippen LogP contribution in [0.1, 0.15) is 65.8 Å². The minimum atomic E-state index is -0.690. The number of unbranched alkanes of at least 4 members (excludes halogenated alkanes) is 2. The molecular formula is C29H35N3O4S. The minimum absolute atomic E-state index is 0.104. The second kappa shape index (κ2) is 13.1. The van der Waals surface area contributed by atoms with E-state index in [1.54, 1.807) is 13.2 Å². The number of likely N-dealkylation sites (N-methyl/N-ethyl adjacent to an activating group) is 1. The Morgan fingerprint density at radius 2 is 1.70 bits per heavy atom. The zero-order valence-electron chi connectivity index (χ0n) is 22.1. The molecule has 196 valence electrons. The number of thiazole rings is 1. The number of ether oxygens (including phenoxy) is 1. The van der Waals surface area contributed by atoms with E-state index in [9.17, 15) is 14.4 Å². The maximum atomic E-state index is 13.0. The van der Waals surface area contributed by atoms with Crippen LogP contribution in [0.4, 0.5) is 5.69 Å². The summed E-state index contributed by atoms with van der Waals surface area (Å²) in [6, 6.07) is 14.5. The Morgan fingerprint density at radius 3 is 2.30 bits per heavy atom. The molecule has 1 heterocycles. The van der Waals surface area contributed by atoms with Crippen molar-refractivity contribution in [2.24, 2.45) is 5.92 Å². The summed E-state index contributed by atoms with van der Waals surface area (Å²) in [5.74, 6) is -1.05. The number of aromatic nitrogens is 1. The molecule has 0 radical (unpaired) electrons. The van der Waals surface area contributed by atoms with Crippen LogP contribution >= 0.6 is 11.3 Å². The lowest BCUT2D eigenvalue weighted by molar-refractivity contribution is -0.147. The Bertz CT molecular complexity index is 1200. The molecular weight excluding hydrogens is 486 g/mol. The first kappa shape index (κ1) is 28.1. The van der Waals surface area contributed by atoms with E-state index in [0.29, 0.717) is 16.3 Å². The van der Waals surface area contributed by atoms with E-state index in [-0.39, 0.29) is 17.7 Å². The first-order chi connectivity index (χ1) is 17.7. The molecule has 0 saturated heterocycles. The standard InChI is InChI=1S/C29H35N3O4S/c1-6-7-8-9-20-10-12-22(13-11-20)26(33)31-23-16-14-21(15-17-23)24-18-30-27(37-24)28(34)32(4)25(19(2)3)29(35)36-5/h10-19,25H,6-9H2,1-5H3,(H,31,33). The minimum Gasteiger partial charge on any atom is -0.467 e. The van der Waals surface area contributed by atoms with Crippen LogP contribution in [-0.4, -0.2) is 47.9 Å². The highest BCUT2D eigenvalue weighted by Gasteiger charge is 2.32. The van der Waals surface area contributed by atoms with Gasteiger partial charge < -0.3 is 15.0 Å². The molecule has 1 N–H and O–H groups in total. The van der Waals surface area contributed by atoms with E-state index in [0.717, 1.165) is 23.3 Å². The zero-order valence-corrected chi connectivity index (χ0v) is 22.9. The molecule has 2 aromatic carbocycles. The predicted molar refractivity (Wildman–Crippen MR) is 148 cm³/mol. The van der Waals surface area contributed by atoms with Crippen molar-refractivity contribution < 1.29 is 19.1 Å². The Kier molecular flexibility index (Phi) is 9.97. The van der Waals surface area contributed by atoms with E-state index in [4.69, 9.17) is 4.74 Å². The average Bonchev–Trinajstić information content (AvgIpc) is 3.39. The molecule has 0 aliphatic carbocycles. The lowest BCUT2D eigenvalue weighted by Gasteiger charge is -2.28. The largest absolute Gasteiger partial charge is 0.467 e. The van der Waals surface area contributed by atoms with Gasteiger partial charge in [-0.2, -0.15) is 0 Å². The molecule has 37 heavy (non-hydrogen) atoms. The van der Waals surface area contributed by atoms with Crippen LogP contribution in [0, 0.1) is 5.92 Å². The second-order valence-electron chi connectivity index (χ2n) is 9.34. The normalized spacial score (nSPS) is 11.7. The number of methoxy groups -OCH3 is 1. The van der Waals surface area contributed by atoms with Crippen LogP contribution in [0.25, 0.3) is 10.4 Å². The number of carbonyl (C=O) groups excluding carboxylic acids is 3. The lowest BCUT2D eigenvalue weighted by Crippen LogP contribution is -2.46. The van der Waals surface area contributed by atoms with Gasteiger partial charge >= 0.3 is 5.97 Å². The van der Waals surface area contributed by atoms with Crippen molar-refractivity contribution in [2.45, 2.75) is 52.5 Å². The summed E-state index contributed by atoms with van der Waals surface area (Å²) >= 11 is 1.25. The Balaban J connectivity index is 1.64. The quantitative estimate of drug-likeness (QED) is 0.245. The molecule has 0 fully saturated rings. The summed E-state index contributed by atoms with van der Waals surface area (Å²) in [6.45, 7) is 5.91. The van der Waals surface area contributed by atoms with E-state index in [1.807, 2.05) is 62.4 Å². The molecule has 1 unspecified atom stereocenters. The molecule has 2 amide bonds. The number of benzene rings is 2. The van der Waals surface area contributed by atoms with Gasteiger partial charge in [-0.25, -0.2) is 9.78 Å². The molecule has 0 saturated carbocycles. The number of nitrogens with zero attached hydrogens (tertiary/aromatic N) is 2. The summed E-state index contributed by atoms with van der Waals surface area (Å²) in [6.07, 6.45) is 6.23. The highest BCUT2D eigenvalue weighted by Crippen LogP contribution is 2.28. The van der Waals surface area contributed by atoms with Gasteiger partial charge in [-0.15, -0.1) is 11.3 Å². The molecule has 1 atom stereocenters. The summed E-state index contributed by atoms with van der Waals surface area (Å²) in [5.41, 5.74) is 3.42. The topological polar surface area (TPSA) is 88.6 Å². The number of anilines is 1. The van der Waals surface area contributed by atoms with Gasteiger partial charge in [-0.05, 0) is 54.2 Å². The Hall–Kier alpha value is -3.52. The van der Waals surface area contributed by atoms with Crippen LogP contribution in [-0.2, 0) is 16.0 Å². The number of nitrogens with one attached hydrogen (secondary N) is 1. The highest BCUT2D eigenvalue weighted by molar-refractivity contribution is 7.16. The number of esters is 1. The monoisotopic (exact) mass is 521 g/mol. The molecule has 0 bridgehead atoms. The molecule has 0 aliphatic rings. The molecule has 0 spiro atoms. The van der Waals surface area contributed by atoms with Gasteiger partial charge in [0.15, 0.2) is 5.01 Å². The van der Waals surface area contributed by atoms with Crippen LogP contribution in [0.3, 0.4) is 0 Å². The fourth-order valence-electron chi connectivity index (χ4n) is 4.10. The summed E-state index contributed by atoms with van der Waals surface area (Å²) < 4.78 is 4.87. The SMILES string of the molecule is CCCCCc1ccc(C(=O)Nc2ccc(-c3cnc(C(=O)N(C)C(C(=O)OC)C(C)C)s3)cc2)cc1. The van der Waals surface area contributed by atoms with E-state index in [2.05, 4.69) is 17.2 Å². The fraction of sp³-hybridized carbons (Fsp3) is 0.379. The third-order valence-corrected chi connectivity index (χ3v) is 7.25. The summed E-state index contributed by atoms with van der Waals surface area (Å²) in [7, 11) is 2.90. The predicted octanol–water partition coefficient (Wildman–Crippen LogP) is 6.06. The van der Waals surface area contributed by atoms with E-state index < -0.39 is 12.0 Å². The van der Waals surface area contributed by atoms with Gasteiger partial charge in [-0.1, -0.05) is 57.9 Å². The van der Waals surface area contributed by atoms with Crippen LogP contribution in [0.2, 0.25) is 0 Å². The number of amides is 2. The number of hydrogen-bond donors (Lipinski definition) is 1. The first-order valence-corrected chi connectivity index (χ1v) is 13.4. The molecule has 8 heteroatoms. The second-order valence-corrected chi connectivity index (χ2v) is 10.4. The van der Waals surface area contributed by atoms with Crippen molar-refractivity contribution in [3.8, 4) is 10.4 Å². The third kappa shape index (κ3) is 7.26. The number of hydrogen-bond acceptors (Lipinski definition) is 6. The zero-order chi connectivity index (χ0) is 26.9. The molecule has 7 nitrogen and oxygen atoms in total. The van der Waals surface area contributed by atoms with Crippen LogP contribution in [0.5, 0.6) is 0 Å². The van der Waals surface area contributed by atoms with E-state index in [1.165, 1.54) is 41.8 Å². The fourth-order valence-corrected chi connectivity index (χ4v) is 5.01. The Labute approximate surface area is 222 Å². The highest BCUT2D eigenvalue weighted by atomic mass is 32.1. The van der Waals surface area contributed by atoms with Gasteiger partial charge in [0, 0.05) is 24.5 Å². The first-order valence-electron chi connectivity index (χ1n) is 12.6.